The van der Waals surface area contributed by atoms with Gasteiger partial charge < -0.3 is 0 Å². The molecule has 1 aliphatic rings. The number of benzene rings is 3. The maximum Gasteiger partial charge on any atom is 0.146 e. The summed E-state index contributed by atoms with van der Waals surface area (Å²) in [5.41, 5.74) is 4.08. The van der Waals surface area contributed by atoms with Crippen molar-refractivity contribution in [1.82, 2.24) is 0 Å². The van der Waals surface area contributed by atoms with Crippen molar-refractivity contribution in [2.75, 3.05) is 0 Å². The molecule has 0 saturated heterocycles. The summed E-state index contributed by atoms with van der Waals surface area (Å²) in [5, 5.41) is 1.65. The van der Waals surface area contributed by atoms with Gasteiger partial charge in [-0.1, -0.05) is 113 Å². The molecule has 0 aliphatic heterocycles. The minimum absolute atomic E-state index is 0.202. The molecule has 1 fully saturated rings. The first-order valence-corrected chi connectivity index (χ1v) is 14.0. The molecule has 0 nitrogen and oxygen atoms in total. The maximum absolute atomic E-state index is 15.2. The summed E-state index contributed by atoms with van der Waals surface area (Å²) in [6.45, 7) is 4.53. The zero-order valence-corrected chi connectivity index (χ0v) is 21.7. The normalized spacial score (nSPS) is 17.8. The first-order valence-electron chi connectivity index (χ1n) is 14.0. The summed E-state index contributed by atoms with van der Waals surface area (Å²) in [4.78, 5) is 0. The topological polar surface area (TPSA) is 0 Å². The highest BCUT2D eigenvalue weighted by atomic mass is 19.1. The van der Waals surface area contributed by atoms with Gasteiger partial charge in [-0.3, -0.25) is 0 Å². The van der Waals surface area contributed by atoms with E-state index in [-0.39, 0.29) is 5.82 Å². The van der Waals surface area contributed by atoms with Crippen LogP contribution in [0.1, 0.15) is 100 Å². The van der Waals surface area contributed by atoms with Crippen molar-refractivity contribution in [2.45, 2.75) is 90.9 Å². The molecule has 0 unspecified atom stereocenters. The quantitative estimate of drug-likeness (QED) is 0.216. The first-order chi connectivity index (χ1) is 17.2. The minimum atomic E-state index is -0.202. The Kier molecular flexibility index (Phi) is 9.42. The van der Waals surface area contributed by atoms with Gasteiger partial charge in [-0.05, 0) is 72.2 Å². The summed E-state index contributed by atoms with van der Waals surface area (Å²) >= 11 is 0. The maximum atomic E-state index is 15.2. The zero-order chi connectivity index (χ0) is 24.5. The van der Waals surface area contributed by atoms with Crippen molar-refractivity contribution >= 4 is 10.8 Å². The second kappa shape index (κ2) is 12.9. The molecule has 35 heavy (non-hydrogen) atoms. The fraction of sp³-hybridized carbons (Fsp3) is 0.471. The monoisotopic (exact) mass is 468 g/mol. The van der Waals surface area contributed by atoms with Gasteiger partial charge in [0.1, 0.15) is 5.82 Å². The summed E-state index contributed by atoms with van der Waals surface area (Å²) in [7, 11) is 0. The fourth-order valence-corrected chi connectivity index (χ4v) is 5.65. The van der Waals surface area contributed by atoms with E-state index in [2.05, 4.69) is 62.1 Å². The van der Waals surface area contributed by atoms with E-state index in [0.717, 1.165) is 35.6 Å². The van der Waals surface area contributed by atoms with Gasteiger partial charge in [0, 0.05) is 10.9 Å². The van der Waals surface area contributed by atoms with Crippen molar-refractivity contribution in [3.63, 3.8) is 0 Å². The first kappa shape index (κ1) is 25.5. The molecule has 0 amide bonds. The Morgan fingerprint density at radius 1 is 0.714 bits per heavy atom. The summed E-state index contributed by atoms with van der Waals surface area (Å²) < 4.78 is 15.2. The minimum Gasteiger partial charge on any atom is -0.205 e. The van der Waals surface area contributed by atoms with Crippen molar-refractivity contribution in [1.29, 1.82) is 0 Å². The number of hydrogen-bond donors (Lipinski definition) is 0. The van der Waals surface area contributed by atoms with Crippen LogP contribution in [0, 0.1) is 29.5 Å². The Hall–Kier alpha value is -2.59. The van der Waals surface area contributed by atoms with Crippen LogP contribution in [0.4, 0.5) is 4.39 Å². The van der Waals surface area contributed by atoms with Crippen molar-refractivity contribution in [2.24, 2.45) is 11.8 Å². The van der Waals surface area contributed by atoms with E-state index in [1.54, 1.807) is 0 Å². The van der Waals surface area contributed by atoms with E-state index in [0.29, 0.717) is 10.9 Å². The highest BCUT2D eigenvalue weighted by Gasteiger charge is 2.20. The molecular weight excluding hydrogens is 427 g/mol. The summed E-state index contributed by atoms with van der Waals surface area (Å²) in [6, 6.07) is 18.5. The summed E-state index contributed by atoms with van der Waals surface area (Å²) in [6.07, 6.45) is 15.5. The van der Waals surface area contributed by atoms with E-state index in [1.165, 1.54) is 75.3 Å². The molecule has 184 valence electrons. The van der Waals surface area contributed by atoms with Gasteiger partial charge in [-0.25, -0.2) is 4.39 Å². The van der Waals surface area contributed by atoms with Crippen LogP contribution < -0.4 is 0 Å². The molecule has 3 aromatic carbocycles. The number of unbranched alkanes of at least 4 members (excludes halogenated alkanes) is 2. The van der Waals surface area contributed by atoms with Crippen LogP contribution in [0.2, 0.25) is 0 Å². The van der Waals surface area contributed by atoms with Crippen LogP contribution in [-0.2, 0) is 12.8 Å². The van der Waals surface area contributed by atoms with Crippen LogP contribution in [0.15, 0.2) is 54.6 Å². The van der Waals surface area contributed by atoms with E-state index < -0.39 is 0 Å². The van der Waals surface area contributed by atoms with Crippen LogP contribution >= 0.6 is 0 Å². The summed E-state index contributed by atoms with van der Waals surface area (Å²) in [5.74, 6) is 7.84. The molecule has 0 aromatic heterocycles. The van der Waals surface area contributed by atoms with Crippen LogP contribution in [0.25, 0.3) is 10.8 Å². The smallest absolute Gasteiger partial charge is 0.146 e. The molecule has 4 rings (SSSR count). The molecule has 0 heterocycles. The number of aryl methyl sites for hydroxylation is 2. The molecule has 1 saturated carbocycles. The van der Waals surface area contributed by atoms with Gasteiger partial charge in [0.25, 0.3) is 0 Å². The third-order valence-corrected chi connectivity index (χ3v) is 7.89. The number of halogens is 1. The third-order valence-electron chi connectivity index (χ3n) is 7.89. The average Bonchev–Trinajstić information content (AvgIpc) is 2.89. The van der Waals surface area contributed by atoms with Gasteiger partial charge in [0.15, 0.2) is 0 Å². The largest absolute Gasteiger partial charge is 0.205 e. The predicted octanol–water partition coefficient (Wildman–Crippen LogP) is 9.65. The lowest BCUT2D eigenvalue weighted by molar-refractivity contribution is 0.252. The fourth-order valence-electron chi connectivity index (χ4n) is 5.65. The van der Waals surface area contributed by atoms with E-state index in [4.69, 9.17) is 0 Å². The Morgan fingerprint density at radius 3 is 2.14 bits per heavy atom. The van der Waals surface area contributed by atoms with Crippen LogP contribution in [0.5, 0.6) is 0 Å². The zero-order valence-electron chi connectivity index (χ0n) is 21.7. The predicted molar refractivity (Wildman–Crippen MR) is 148 cm³/mol. The van der Waals surface area contributed by atoms with Gasteiger partial charge in [-0.2, -0.15) is 0 Å². The highest BCUT2D eigenvalue weighted by molar-refractivity contribution is 5.85. The average molecular weight is 469 g/mol. The second-order valence-corrected chi connectivity index (χ2v) is 10.6. The van der Waals surface area contributed by atoms with E-state index in [1.807, 2.05) is 18.2 Å². The van der Waals surface area contributed by atoms with Crippen LogP contribution in [0.3, 0.4) is 0 Å². The van der Waals surface area contributed by atoms with E-state index in [9.17, 15) is 0 Å². The lowest BCUT2D eigenvalue weighted by atomic mass is 9.78. The Morgan fingerprint density at radius 2 is 1.43 bits per heavy atom. The number of hydrogen-bond acceptors (Lipinski definition) is 0. The van der Waals surface area contributed by atoms with Crippen molar-refractivity contribution in [3.05, 3.63) is 82.7 Å². The Balaban J connectivity index is 1.37. The Labute approximate surface area is 212 Å². The lowest BCUT2D eigenvalue weighted by Gasteiger charge is -2.28. The molecular formula is C34H41F. The molecule has 1 aliphatic carbocycles. The van der Waals surface area contributed by atoms with Gasteiger partial charge >= 0.3 is 0 Å². The van der Waals surface area contributed by atoms with Gasteiger partial charge in [-0.15, -0.1) is 0 Å². The molecule has 0 bridgehead atoms. The van der Waals surface area contributed by atoms with E-state index >= 15 is 4.39 Å². The lowest BCUT2D eigenvalue weighted by Crippen LogP contribution is -2.15. The third kappa shape index (κ3) is 7.20. The highest BCUT2D eigenvalue weighted by Crippen LogP contribution is 2.34. The molecule has 0 radical (unpaired) electrons. The molecule has 0 N–H and O–H groups in total. The van der Waals surface area contributed by atoms with Crippen LogP contribution in [-0.4, -0.2) is 0 Å². The van der Waals surface area contributed by atoms with Gasteiger partial charge in [0.2, 0.25) is 0 Å². The number of fused-ring (bicyclic) bond motifs is 1. The standard InChI is InChI=1S/C34H41F/c1-3-5-6-8-27-11-15-29(16-12-27)19-21-31-22-23-32-25-30(20-24-33(32)34(31)35)18-17-28-13-9-26(7-4-2)10-14-28/h11-12,15-16,20,22-26,28H,3-10,13-14,17-18H2,1-2H3. The molecule has 0 atom stereocenters. The second-order valence-electron chi connectivity index (χ2n) is 10.6. The van der Waals surface area contributed by atoms with Crippen molar-refractivity contribution in [3.8, 4) is 11.8 Å². The van der Waals surface area contributed by atoms with Gasteiger partial charge in [0.05, 0.1) is 5.56 Å². The SMILES string of the molecule is CCCCCc1ccc(C#Cc2ccc3cc(CCC4CCC(CCC)CC4)ccc3c2F)cc1. The molecule has 3 aromatic rings. The van der Waals surface area contributed by atoms with Crippen molar-refractivity contribution < 1.29 is 4.39 Å². The molecule has 0 spiro atoms. The Bertz CT molecular complexity index is 1140. The molecule has 1 heteroatoms. The number of rotatable bonds is 9.